The number of hydrogen-bond donors (Lipinski definition) is 2. The zero-order valence-corrected chi connectivity index (χ0v) is 21.1. The fourth-order valence-corrected chi connectivity index (χ4v) is 5.72. The Kier molecular flexibility index (Phi) is 6.42. The Labute approximate surface area is 218 Å². The number of pyridine rings is 1. The molecule has 0 unspecified atom stereocenters. The molecule has 0 atom stereocenters. The third-order valence-corrected chi connectivity index (χ3v) is 7.76. The van der Waals surface area contributed by atoms with E-state index in [1.54, 1.807) is 13.2 Å². The summed E-state index contributed by atoms with van der Waals surface area (Å²) >= 11 is 0. The summed E-state index contributed by atoms with van der Waals surface area (Å²) in [4.78, 5) is 15.9. The first-order chi connectivity index (χ1) is 18.5. The largest absolute Gasteiger partial charge is 0.318 e. The maximum atomic E-state index is 15.5. The summed E-state index contributed by atoms with van der Waals surface area (Å²) in [5.41, 5.74) is -1.90. The Morgan fingerprint density at radius 3 is 2.56 bits per heavy atom. The summed E-state index contributed by atoms with van der Waals surface area (Å²) in [7, 11) is -2.65. The van der Waals surface area contributed by atoms with Crippen molar-refractivity contribution >= 4 is 32.3 Å². The summed E-state index contributed by atoms with van der Waals surface area (Å²) in [5.74, 6) is -6.11. The van der Waals surface area contributed by atoms with Crippen molar-refractivity contribution in [3.05, 3.63) is 89.1 Å². The maximum Gasteiger partial charge on any atom is 0.274 e. The van der Waals surface area contributed by atoms with E-state index >= 15 is 8.78 Å². The number of hydrogen-bond acceptors (Lipinski definition) is 6. The molecule has 0 radical (unpaired) electrons. The number of benzene rings is 2. The van der Waals surface area contributed by atoms with Gasteiger partial charge in [-0.3, -0.25) is 19.6 Å². The first kappa shape index (κ1) is 26.0. The smallest absolute Gasteiger partial charge is 0.274 e. The highest BCUT2D eigenvalue weighted by atomic mass is 32.2. The molecule has 9 nitrogen and oxygen atoms in total. The summed E-state index contributed by atoms with van der Waals surface area (Å²) < 4.78 is 86.8. The second-order valence-corrected chi connectivity index (χ2v) is 10.6. The van der Waals surface area contributed by atoms with E-state index in [1.807, 2.05) is 0 Å². The van der Waals surface area contributed by atoms with Gasteiger partial charge in [-0.05, 0) is 25.1 Å². The lowest BCUT2D eigenvalue weighted by Gasteiger charge is -2.12. The highest BCUT2D eigenvalue weighted by Gasteiger charge is 2.27. The summed E-state index contributed by atoms with van der Waals surface area (Å²) in [6.07, 6.45) is 3.78. The Morgan fingerprint density at radius 1 is 1.08 bits per heavy atom. The van der Waals surface area contributed by atoms with Gasteiger partial charge in [0, 0.05) is 29.8 Å². The molecule has 200 valence electrons. The van der Waals surface area contributed by atoms with Gasteiger partial charge in [0.2, 0.25) is 0 Å². The number of aromatic nitrogens is 5. The topological polar surface area (TPSA) is 123 Å². The molecule has 39 heavy (non-hydrogen) atoms. The number of nitrogens with one attached hydrogen (secondary N) is 2. The van der Waals surface area contributed by atoms with Crippen molar-refractivity contribution in [3.8, 4) is 11.1 Å². The number of H-pyrrole nitrogens is 1. The van der Waals surface area contributed by atoms with Crippen LogP contribution < -0.4 is 5.32 Å². The zero-order chi connectivity index (χ0) is 28.1. The van der Waals surface area contributed by atoms with Crippen LogP contribution in [0.15, 0.2) is 53.8 Å². The van der Waals surface area contributed by atoms with E-state index in [2.05, 4.69) is 25.6 Å². The van der Waals surface area contributed by atoms with Gasteiger partial charge < -0.3 is 5.32 Å². The van der Waals surface area contributed by atoms with Gasteiger partial charge in [-0.1, -0.05) is 12.1 Å². The molecule has 0 aliphatic heterocycles. The number of carbonyl (C=O) groups excluding carboxylic acids is 1. The molecular weight excluding hydrogens is 540 g/mol. The normalized spacial score (nSPS) is 11.7. The predicted molar refractivity (Wildman–Crippen MR) is 132 cm³/mol. The molecule has 1 amide bonds. The summed E-state index contributed by atoms with van der Waals surface area (Å²) in [5, 5.41) is 12.8. The van der Waals surface area contributed by atoms with E-state index in [0.717, 1.165) is 30.5 Å². The number of sulfone groups is 1. The molecule has 2 N–H and O–H groups in total. The van der Waals surface area contributed by atoms with Crippen LogP contribution in [0.2, 0.25) is 0 Å². The van der Waals surface area contributed by atoms with Gasteiger partial charge in [-0.2, -0.15) is 10.2 Å². The van der Waals surface area contributed by atoms with Crippen LogP contribution in [0.3, 0.4) is 0 Å². The van der Waals surface area contributed by atoms with Crippen molar-refractivity contribution in [1.29, 1.82) is 0 Å². The van der Waals surface area contributed by atoms with Gasteiger partial charge in [0.1, 0.15) is 28.7 Å². The number of halogens is 4. The number of fused-ring (bicyclic) bond motifs is 1. The Morgan fingerprint density at radius 2 is 1.85 bits per heavy atom. The molecule has 0 fully saturated rings. The molecule has 0 aliphatic carbocycles. The molecular formula is C25H18F4N6O3S. The fourth-order valence-electron chi connectivity index (χ4n) is 4.13. The lowest BCUT2D eigenvalue weighted by molar-refractivity contribution is 0.102. The molecule has 2 aromatic carbocycles. The van der Waals surface area contributed by atoms with Crippen LogP contribution in [-0.2, 0) is 22.6 Å². The third kappa shape index (κ3) is 4.74. The minimum atomic E-state index is -4.30. The number of amides is 1. The summed E-state index contributed by atoms with van der Waals surface area (Å²) in [6, 6.07) is 4.81. The fraction of sp³-hybridized carbons (Fsp3) is 0.120. The van der Waals surface area contributed by atoms with Crippen molar-refractivity contribution in [2.75, 3.05) is 5.32 Å². The van der Waals surface area contributed by atoms with Crippen LogP contribution in [-0.4, -0.2) is 39.3 Å². The highest BCUT2D eigenvalue weighted by Crippen LogP contribution is 2.35. The third-order valence-electron chi connectivity index (χ3n) is 5.98. The van der Waals surface area contributed by atoms with Crippen LogP contribution in [0.5, 0.6) is 0 Å². The second kappa shape index (κ2) is 9.62. The Balaban J connectivity index is 1.53. The molecule has 3 heterocycles. The highest BCUT2D eigenvalue weighted by molar-refractivity contribution is 7.90. The molecule has 3 aromatic heterocycles. The van der Waals surface area contributed by atoms with E-state index < -0.39 is 66.4 Å². The van der Waals surface area contributed by atoms with Gasteiger partial charge in [0.15, 0.2) is 15.7 Å². The van der Waals surface area contributed by atoms with Crippen molar-refractivity contribution < 1.29 is 30.8 Å². The number of aromatic amines is 1. The minimum absolute atomic E-state index is 0.00228. The Bertz CT molecular complexity index is 1880. The quantitative estimate of drug-likeness (QED) is 0.297. The monoisotopic (exact) mass is 558 g/mol. The van der Waals surface area contributed by atoms with Crippen LogP contribution in [0.25, 0.3) is 22.0 Å². The maximum absolute atomic E-state index is 15.5. The summed E-state index contributed by atoms with van der Waals surface area (Å²) in [6.45, 7) is 1.35. The van der Waals surface area contributed by atoms with Gasteiger partial charge >= 0.3 is 0 Å². The number of carbonyl (C=O) groups is 1. The van der Waals surface area contributed by atoms with Crippen molar-refractivity contribution in [3.63, 3.8) is 0 Å². The van der Waals surface area contributed by atoms with E-state index in [9.17, 15) is 22.0 Å². The Hall–Kier alpha value is -4.59. The molecule has 0 saturated carbocycles. The van der Waals surface area contributed by atoms with E-state index in [4.69, 9.17) is 0 Å². The second-order valence-electron chi connectivity index (χ2n) is 8.67. The van der Waals surface area contributed by atoms with E-state index in [-0.39, 0.29) is 22.3 Å². The molecule has 0 bridgehead atoms. The molecule has 14 heteroatoms. The first-order valence-corrected chi connectivity index (χ1v) is 12.9. The first-order valence-electron chi connectivity index (χ1n) is 11.2. The number of aryl methyl sites for hydroxylation is 2. The van der Waals surface area contributed by atoms with Crippen molar-refractivity contribution in [2.24, 2.45) is 7.05 Å². The van der Waals surface area contributed by atoms with Gasteiger partial charge in [-0.25, -0.2) is 26.0 Å². The zero-order valence-electron chi connectivity index (χ0n) is 20.3. The van der Waals surface area contributed by atoms with Gasteiger partial charge in [0.25, 0.3) is 5.91 Å². The average Bonchev–Trinajstić information content (AvgIpc) is 3.50. The number of nitrogens with zero attached hydrogens (tertiary/aromatic N) is 4. The van der Waals surface area contributed by atoms with Gasteiger partial charge in [-0.15, -0.1) is 0 Å². The van der Waals surface area contributed by atoms with E-state index in [1.165, 1.54) is 23.9 Å². The number of rotatable bonds is 6. The van der Waals surface area contributed by atoms with Crippen LogP contribution >= 0.6 is 0 Å². The van der Waals surface area contributed by atoms with Crippen molar-refractivity contribution in [2.45, 2.75) is 17.6 Å². The molecule has 5 rings (SSSR count). The SMILES string of the molecule is Cc1ncc(F)cc1S(=O)(=O)Cc1ccc(F)c(-c2ccc3c(C(=O)Nc4cnn(C)c4)[nH]nc3c2F)c1F. The lowest BCUT2D eigenvalue weighted by atomic mass is 9.99. The minimum Gasteiger partial charge on any atom is -0.318 e. The van der Waals surface area contributed by atoms with Gasteiger partial charge in [0.05, 0.1) is 40.0 Å². The predicted octanol–water partition coefficient (Wildman–Crippen LogP) is 4.45. The molecule has 0 spiro atoms. The lowest BCUT2D eigenvalue weighted by Crippen LogP contribution is -2.12. The number of anilines is 1. The van der Waals surface area contributed by atoms with E-state index in [0.29, 0.717) is 5.69 Å². The standard InChI is InChI=1S/C25H18F4N6O3S/c1-12-19(7-14(26)8-30-12)39(37,38)11-13-3-6-18(27)20(21(13)28)16-4-5-17-23(22(16)29)33-34-24(17)25(36)32-15-9-31-35(2)10-15/h3-10H,11H2,1-2H3,(H,32,36)(H,33,34). The van der Waals surface area contributed by atoms with Crippen molar-refractivity contribution in [1.82, 2.24) is 25.0 Å². The molecule has 0 aliphatic rings. The molecule has 5 aromatic rings. The average molecular weight is 559 g/mol. The van der Waals surface area contributed by atoms with Crippen LogP contribution in [0, 0.1) is 30.2 Å². The molecule has 0 saturated heterocycles. The van der Waals surface area contributed by atoms with Crippen LogP contribution in [0.1, 0.15) is 21.7 Å². The van der Waals surface area contributed by atoms with Crippen LogP contribution in [0.4, 0.5) is 23.2 Å².